The zero-order valence-corrected chi connectivity index (χ0v) is 10.1. The highest BCUT2D eigenvalue weighted by atomic mass is 19.1. The fourth-order valence-corrected chi connectivity index (χ4v) is 2.44. The quantitative estimate of drug-likeness (QED) is 0.840. The lowest BCUT2D eigenvalue weighted by Crippen LogP contribution is -2.17. The Morgan fingerprint density at radius 3 is 2.94 bits per heavy atom. The van der Waals surface area contributed by atoms with Gasteiger partial charge < -0.3 is 11.1 Å². The van der Waals surface area contributed by atoms with Crippen LogP contribution in [0.1, 0.15) is 31.2 Å². The van der Waals surface area contributed by atoms with Crippen LogP contribution in [0.2, 0.25) is 0 Å². The van der Waals surface area contributed by atoms with E-state index in [1.54, 1.807) is 12.1 Å². The number of hydrogen-bond donors (Lipinski definition) is 2. The smallest absolute Gasteiger partial charge is 0.123 e. The fourth-order valence-electron chi connectivity index (χ4n) is 2.44. The fraction of sp³-hybridized carbons (Fsp3) is 0.429. The molecule has 2 rings (SSSR count). The molecule has 1 unspecified atom stereocenters. The van der Waals surface area contributed by atoms with Crippen LogP contribution in [0, 0.1) is 11.7 Å². The molecule has 17 heavy (non-hydrogen) atoms. The van der Waals surface area contributed by atoms with Gasteiger partial charge in [0, 0.05) is 6.54 Å². The first-order chi connectivity index (χ1) is 8.19. The van der Waals surface area contributed by atoms with E-state index in [0.717, 1.165) is 30.8 Å². The lowest BCUT2D eigenvalue weighted by atomic mass is 9.87. The third-order valence-corrected chi connectivity index (χ3v) is 3.38. The van der Waals surface area contributed by atoms with Gasteiger partial charge in [-0.15, -0.1) is 0 Å². The van der Waals surface area contributed by atoms with Crippen molar-refractivity contribution in [2.45, 2.75) is 25.7 Å². The number of benzene rings is 1. The first-order valence-electron chi connectivity index (χ1n) is 6.15. The minimum Gasteiger partial charge on any atom is -0.386 e. The molecule has 1 aliphatic heterocycles. The van der Waals surface area contributed by atoms with Crippen molar-refractivity contribution in [1.29, 1.82) is 0 Å². The van der Waals surface area contributed by atoms with Crippen molar-refractivity contribution in [2.24, 2.45) is 11.7 Å². The predicted molar refractivity (Wildman–Crippen MR) is 67.8 cm³/mol. The molecule has 2 atom stereocenters. The number of rotatable bonds is 4. The van der Waals surface area contributed by atoms with Crippen LogP contribution in [-0.4, -0.2) is 6.54 Å². The number of hydrogen-bond acceptors (Lipinski definition) is 2. The van der Waals surface area contributed by atoms with Crippen LogP contribution in [0.4, 0.5) is 4.39 Å². The van der Waals surface area contributed by atoms with Crippen molar-refractivity contribution >= 4 is 0 Å². The summed E-state index contributed by atoms with van der Waals surface area (Å²) in [5, 5.41) is 3.13. The Hall–Kier alpha value is -1.51. The molecule has 0 amide bonds. The van der Waals surface area contributed by atoms with Gasteiger partial charge in [0.05, 0.1) is 5.82 Å². The molecule has 0 radical (unpaired) electrons. The lowest BCUT2D eigenvalue weighted by molar-refractivity contribution is 0.499. The Morgan fingerprint density at radius 1 is 1.53 bits per heavy atom. The maximum absolute atomic E-state index is 13.2. The Morgan fingerprint density at radius 2 is 2.35 bits per heavy atom. The Bertz CT molecular complexity index is 414. The molecular weight excluding hydrogens is 215 g/mol. The van der Waals surface area contributed by atoms with Gasteiger partial charge >= 0.3 is 0 Å². The first kappa shape index (κ1) is 12.0. The van der Waals surface area contributed by atoms with Crippen molar-refractivity contribution in [1.82, 2.24) is 5.32 Å². The summed E-state index contributed by atoms with van der Waals surface area (Å²) in [6.45, 7) is 3.04. The summed E-state index contributed by atoms with van der Waals surface area (Å²) >= 11 is 0. The molecule has 0 fully saturated rings. The first-order valence-corrected chi connectivity index (χ1v) is 6.15. The predicted octanol–water partition coefficient (Wildman–Crippen LogP) is 2.73. The van der Waals surface area contributed by atoms with E-state index in [1.165, 1.54) is 6.07 Å². The summed E-state index contributed by atoms with van der Waals surface area (Å²) in [5.74, 6) is 1.48. The molecule has 1 aromatic carbocycles. The molecular formula is C14H19FN2. The van der Waals surface area contributed by atoms with Gasteiger partial charge in [-0.05, 0) is 48.4 Å². The monoisotopic (exact) mass is 234 g/mol. The second-order valence-electron chi connectivity index (χ2n) is 4.66. The normalized spacial score (nSPS) is 20.8. The third kappa shape index (κ3) is 2.99. The van der Waals surface area contributed by atoms with E-state index < -0.39 is 0 Å². The zero-order valence-electron chi connectivity index (χ0n) is 10.1. The second-order valence-corrected chi connectivity index (χ2v) is 4.66. The van der Waals surface area contributed by atoms with Gasteiger partial charge in [0.25, 0.3) is 0 Å². The number of nitrogens with one attached hydrogen (secondary N) is 1. The van der Waals surface area contributed by atoms with Crippen molar-refractivity contribution in [3.05, 3.63) is 47.5 Å². The topological polar surface area (TPSA) is 38.0 Å². The highest BCUT2D eigenvalue weighted by molar-refractivity contribution is 5.21. The van der Waals surface area contributed by atoms with Gasteiger partial charge in [-0.1, -0.05) is 19.1 Å². The Kier molecular flexibility index (Phi) is 3.67. The van der Waals surface area contributed by atoms with Gasteiger partial charge in [-0.2, -0.15) is 0 Å². The summed E-state index contributed by atoms with van der Waals surface area (Å²) in [4.78, 5) is 0. The zero-order chi connectivity index (χ0) is 12.3. The van der Waals surface area contributed by atoms with Gasteiger partial charge in [0.15, 0.2) is 0 Å². The van der Waals surface area contributed by atoms with Crippen LogP contribution in [-0.2, 0) is 0 Å². The Balaban J connectivity index is 2.06. The highest BCUT2D eigenvalue weighted by Crippen LogP contribution is 2.29. The van der Waals surface area contributed by atoms with Crippen LogP contribution in [0.5, 0.6) is 0 Å². The Labute approximate surface area is 102 Å². The largest absolute Gasteiger partial charge is 0.386 e. The van der Waals surface area contributed by atoms with Gasteiger partial charge in [-0.25, -0.2) is 4.39 Å². The molecule has 0 bridgehead atoms. The maximum atomic E-state index is 13.2. The molecule has 0 saturated carbocycles. The van der Waals surface area contributed by atoms with E-state index in [2.05, 4.69) is 18.3 Å². The third-order valence-electron chi connectivity index (χ3n) is 3.38. The van der Waals surface area contributed by atoms with E-state index >= 15 is 0 Å². The highest BCUT2D eigenvalue weighted by Gasteiger charge is 2.19. The molecule has 0 saturated heterocycles. The molecule has 3 heteroatoms. The summed E-state index contributed by atoms with van der Waals surface area (Å²) in [6.07, 6.45) is 4.11. The number of nitrogens with two attached hydrogens (primary N) is 1. The van der Waals surface area contributed by atoms with Crippen molar-refractivity contribution < 1.29 is 4.39 Å². The van der Waals surface area contributed by atoms with E-state index in [-0.39, 0.29) is 5.82 Å². The van der Waals surface area contributed by atoms with E-state index in [9.17, 15) is 4.39 Å². The molecule has 0 aromatic heterocycles. The van der Waals surface area contributed by atoms with Crippen molar-refractivity contribution in [2.75, 3.05) is 6.54 Å². The van der Waals surface area contributed by atoms with Gasteiger partial charge in [0.1, 0.15) is 5.82 Å². The van der Waals surface area contributed by atoms with Gasteiger partial charge in [-0.3, -0.25) is 0 Å². The SMILES string of the molecule is CCC(C[C@H]1C=C(N)NC1)c1cccc(F)c1. The number of halogens is 1. The molecule has 0 spiro atoms. The molecule has 0 aliphatic carbocycles. The lowest BCUT2D eigenvalue weighted by Gasteiger charge is -2.18. The van der Waals surface area contributed by atoms with E-state index in [0.29, 0.717) is 11.8 Å². The van der Waals surface area contributed by atoms with Crippen LogP contribution in [0.3, 0.4) is 0 Å². The average molecular weight is 234 g/mol. The minimum absolute atomic E-state index is 0.152. The molecule has 3 N–H and O–H groups in total. The average Bonchev–Trinajstić information content (AvgIpc) is 2.72. The van der Waals surface area contributed by atoms with Crippen LogP contribution >= 0.6 is 0 Å². The minimum atomic E-state index is -0.152. The molecule has 1 aromatic rings. The second kappa shape index (κ2) is 5.21. The van der Waals surface area contributed by atoms with E-state index in [4.69, 9.17) is 5.73 Å². The maximum Gasteiger partial charge on any atom is 0.123 e. The summed E-state index contributed by atoms with van der Waals surface area (Å²) in [5.41, 5.74) is 6.78. The van der Waals surface area contributed by atoms with Crippen molar-refractivity contribution in [3.63, 3.8) is 0 Å². The summed E-state index contributed by atoms with van der Waals surface area (Å²) in [7, 11) is 0. The standard InChI is InChI=1S/C14H19FN2/c1-2-11(6-10-7-14(16)17-9-10)12-4-3-5-13(15)8-12/h3-5,7-8,10-11,17H,2,6,9,16H2,1H3/t10-,11?/m0/s1. The summed E-state index contributed by atoms with van der Waals surface area (Å²) in [6, 6.07) is 6.92. The van der Waals surface area contributed by atoms with E-state index in [1.807, 2.05) is 6.07 Å². The molecule has 1 aliphatic rings. The van der Waals surface area contributed by atoms with Gasteiger partial charge in [0.2, 0.25) is 0 Å². The van der Waals surface area contributed by atoms with Crippen LogP contribution in [0.15, 0.2) is 36.2 Å². The molecule has 1 heterocycles. The summed E-state index contributed by atoms with van der Waals surface area (Å²) < 4.78 is 13.2. The van der Waals surface area contributed by atoms with Crippen LogP contribution < -0.4 is 11.1 Å². The molecule has 2 nitrogen and oxygen atoms in total. The van der Waals surface area contributed by atoms with Crippen molar-refractivity contribution in [3.8, 4) is 0 Å². The molecule has 92 valence electrons. The van der Waals surface area contributed by atoms with Crippen LogP contribution in [0.25, 0.3) is 0 Å².